The summed E-state index contributed by atoms with van der Waals surface area (Å²) in [6.45, 7) is 13.7. The fourth-order valence-corrected chi connectivity index (χ4v) is 14.2. The molecule has 0 fully saturated rings. The van der Waals surface area contributed by atoms with Crippen LogP contribution in [0.25, 0.3) is 92.8 Å². The van der Waals surface area contributed by atoms with E-state index in [1.165, 1.54) is 122 Å². The summed E-state index contributed by atoms with van der Waals surface area (Å²) in [6.07, 6.45) is 0. The SMILES string of the molecule is Cc1cc2c(s1)c1sc(C)cc1c1c2c2c3cc(C)sc3c3sc(C)cc3c2c2c3cc(C)sc3c3sc(C)cc3c12. The van der Waals surface area contributed by atoms with Crippen LogP contribution >= 0.6 is 68.0 Å². The van der Waals surface area contributed by atoms with E-state index in [2.05, 4.69) is 77.9 Å². The van der Waals surface area contributed by atoms with E-state index in [9.17, 15) is 0 Å². The molecule has 6 heterocycles. The Hall–Kier alpha value is -2.58. The van der Waals surface area contributed by atoms with Crippen LogP contribution in [0.4, 0.5) is 0 Å². The van der Waals surface area contributed by atoms with Crippen LogP contribution in [0.2, 0.25) is 0 Å². The average molecular weight is 649 g/mol. The minimum absolute atomic E-state index is 1.39. The van der Waals surface area contributed by atoms with Crippen LogP contribution in [0.5, 0.6) is 0 Å². The van der Waals surface area contributed by atoms with Crippen molar-refractivity contribution in [1.29, 1.82) is 0 Å². The quantitative estimate of drug-likeness (QED) is 0.144. The maximum absolute atomic E-state index is 2.49. The zero-order chi connectivity index (χ0) is 28.3. The minimum atomic E-state index is 1.39. The van der Waals surface area contributed by atoms with Crippen molar-refractivity contribution in [3.05, 3.63) is 65.7 Å². The number of benzene rings is 4. The van der Waals surface area contributed by atoms with Crippen LogP contribution in [-0.2, 0) is 0 Å². The topological polar surface area (TPSA) is 0 Å². The Morgan fingerprint density at radius 1 is 0.262 bits per heavy atom. The van der Waals surface area contributed by atoms with Crippen molar-refractivity contribution in [1.82, 2.24) is 0 Å². The smallest absolute Gasteiger partial charge is 0.0530 e. The number of fused-ring (bicyclic) bond motifs is 21. The summed E-state index contributed by atoms with van der Waals surface area (Å²) < 4.78 is 8.75. The molecule has 0 saturated heterocycles. The van der Waals surface area contributed by atoms with Gasteiger partial charge in [0.25, 0.3) is 0 Å². The molecule has 6 aromatic heterocycles. The number of hydrogen-bond acceptors (Lipinski definition) is 6. The summed E-state index contributed by atoms with van der Waals surface area (Å²) >= 11 is 11.8. The first-order valence-corrected chi connectivity index (χ1v) is 19.1. The van der Waals surface area contributed by atoms with Gasteiger partial charge in [0, 0.05) is 93.9 Å². The Labute approximate surface area is 266 Å². The summed E-state index contributed by atoms with van der Waals surface area (Å²) in [7, 11) is 0. The summed E-state index contributed by atoms with van der Waals surface area (Å²) in [5.41, 5.74) is 0. The molecule has 0 aliphatic heterocycles. The molecule has 0 unspecified atom stereocenters. The summed E-state index contributed by atoms with van der Waals surface area (Å²) in [4.78, 5) is 8.35. The molecule has 6 heteroatoms. The molecule has 10 aromatic rings. The van der Waals surface area contributed by atoms with Gasteiger partial charge >= 0.3 is 0 Å². The molecule has 0 radical (unpaired) electrons. The lowest BCUT2D eigenvalue weighted by molar-refractivity contribution is 1.65. The molecule has 4 aromatic carbocycles. The summed E-state index contributed by atoms with van der Waals surface area (Å²) in [5, 5.41) is 17.4. The molecule has 0 bridgehead atoms. The van der Waals surface area contributed by atoms with E-state index in [4.69, 9.17) is 0 Å². The maximum Gasteiger partial charge on any atom is 0.0530 e. The van der Waals surface area contributed by atoms with Crippen LogP contribution in [0.3, 0.4) is 0 Å². The molecule has 10 rings (SSSR count). The first-order chi connectivity index (χ1) is 20.3. The Kier molecular flexibility index (Phi) is 4.80. The predicted octanol–water partition coefficient (Wildman–Crippen LogP) is 14.3. The van der Waals surface area contributed by atoms with Gasteiger partial charge in [-0.1, -0.05) is 0 Å². The van der Waals surface area contributed by atoms with Crippen LogP contribution in [0, 0.1) is 41.5 Å². The lowest BCUT2D eigenvalue weighted by Gasteiger charge is -2.17. The average Bonchev–Trinajstić information content (AvgIpc) is 3.75. The maximum atomic E-state index is 2.49. The van der Waals surface area contributed by atoms with Crippen LogP contribution in [0.15, 0.2) is 36.4 Å². The van der Waals surface area contributed by atoms with Gasteiger partial charge in [0.1, 0.15) is 0 Å². The molecule has 0 aliphatic rings. The zero-order valence-corrected chi connectivity index (χ0v) is 28.8. The van der Waals surface area contributed by atoms with E-state index in [0.29, 0.717) is 0 Å². The van der Waals surface area contributed by atoms with Crippen molar-refractivity contribution in [2.75, 3.05) is 0 Å². The largest absolute Gasteiger partial charge is 0.139 e. The lowest BCUT2D eigenvalue weighted by atomic mass is 9.86. The van der Waals surface area contributed by atoms with Crippen LogP contribution in [-0.4, -0.2) is 0 Å². The predicted molar refractivity (Wildman–Crippen MR) is 200 cm³/mol. The molecular formula is C36H24S6. The lowest BCUT2D eigenvalue weighted by Crippen LogP contribution is -1.88. The number of aryl methyl sites for hydroxylation is 6. The Morgan fingerprint density at radius 3 is 0.548 bits per heavy atom. The summed E-state index contributed by atoms with van der Waals surface area (Å²) in [6, 6.07) is 14.9. The monoisotopic (exact) mass is 648 g/mol. The fourth-order valence-electron chi connectivity index (χ4n) is 7.58. The molecule has 204 valence electrons. The second kappa shape index (κ2) is 8.12. The minimum Gasteiger partial charge on any atom is -0.139 e. The molecule has 0 spiro atoms. The second-order valence-electron chi connectivity index (χ2n) is 11.8. The van der Waals surface area contributed by atoms with E-state index in [1.54, 1.807) is 0 Å². The van der Waals surface area contributed by atoms with Crippen molar-refractivity contribution in [2.24, 2.45) is 0 Å². The van der Waals surface area contributed by atoms with E-state index in [-0.39, 0.29) is 0 Å². The van der Waals surface area contributed by atoms with E-state index in [0.717, 1.165) is 0 Å². The molecule has 0 nitrogen and oxygen atoms in total. The van der Waals surface area contributed by atoms with E-state index < -0.39 is 0 Å². The third-order valence-electron chi connectivity index (χ3n) is 8.87. The Morgan fingerprint density at radius 2 is 0.405 bits per heavy atom. The Balaban J connectivity index is 1.75. The molecular weight excluding hydrogens is 625 g/mol. The van der Waals surface area contributed by atoms with Gasteiger partial charge in [-0.25, -0.2) is 0 Å². The standard InChI is InChI=1S/C36H24S6/c1-13-7-19-25-26(20-8-14(2)38-32(20)31(19)37-13)28-22-10-16(4)41-35(22)36-24(12-18(6)42-36)30(28)29-23-11-17(5)40-34(23)33-21(27(25)29)9-15(3)39-33/h7-12H,1-6H3. The number of rotatable bonds is 0. The zero-order valence-electron chi connectivity index (χ0n) is 23.9. The second-order valence-corrected chi connectivity index (χ2v) is 19.4. The van der Waals surface area contributed by atoms with Crippen molar-refractivity contribution >= 4 is 161 Å². The van der Waals surface area contributed by atoms with Gasteiger partial charge in [0.2, 0.25) is 0 Å². The molecule has 0 N–H and O–H groups in total. The molecule has 0 aliphatic carbocycles. The van der Waals surface area contributed by atoms with Gasteiger partial charge in [-0.15, -0.1) is 68.0 Å². The van der Waals surface area contributed by atoms with Crippen molar-refractivity contribution in [3.63, 3.8) is 0 Å². The van der Waals surface area contributed by atoms with Gasteiger partial charge in [-0.2, -0.15) is 0 Å². The van der Waals surface area contributed by atoms with E-state index in [1.807, 2.05) is 68.0 Å². The van der Waals surface area contributed by atoms with Crippen molar-refractivity contribution in [2.45, 2.75) is 41.5 Å². The first-order valence-electron chi connectivity index (χ1n) is 14.2. The highest BCUT2D eigenvalue weighted by molar-refractivity contribution is 7.29. The Bertz CT molecular complexity index is 2310. The van der Waals surface area contributed by atoms with Crippen molar-refractivity contribution < 1.29 is 0 Å². The van der Waals surface area contributed by atoms with Gasteiger partial charge < -0.3 is 0 Å². The van der Waals surface area contributed by atoms with Crippen LogP contribution in [0.1, 0.15) is 29.3 Å². The van der Waals surface area contributed by atoms with E-state index >= 15 is 0 Å². The highest BCUT2D eigenvalue weighted by Crippen LogP contribution is 2.56. The van der Waals surface area contributed by atoms with Gasteiger partial charge in [-0.3, -0.25) is 0 Å². The van der Waals surface area contributed by atoms with Gasteiger partial charge in [0.05, 0.1) is 28.2 Å². The molecule has 0 saturated carbocycles. The van der Waals surface area contributed by atoms with Crippen LogP contribution < -0.4 is 0 Å². The highest BCUT2D eigenvalue weighted by atomic mass is 32.1. The molecule has 42 heavy (non-hydrogen) atoms. The summed E-state index contributed by atoms with van der Waals surface area (Å²) in [5.74, 6) is 0. The fraction of sp³-hybridized carbons (Fsp3) is 0.167. The third-order valence-corrected chi connectivity index (χ3v) is 15.7. The van der Waals surface area contributed by atoms with Gasteiger partial charge in [-0.05, 0) is 77.9 Å². The third kappa shape index (κ3) is 2.96. The number of thiophene rings is 6. The van der Waals surface area contributed by atoms with Gasteiger partial charge in [0.15, 0.2) is 0 Å². The number of hydrogen-bond donors (Lipinski definition) is 0. The highest BCUT2D eigenvalue weighted by Gasteiger charge is 2.27. The molecule has 0 atom stereocenters. The first kappa shape index (κ1) is 24.8. The normalized spacial score (nSPS) is 13.0. The van der Waals surface area contributed by atoms with Crippen molar-refractivity contribution in [3.8, 4) is 0 Å². The molecule has 0 amide bonds.